The molecular weight excluding hydrogens is 408 g/mol. The second-order valence-electron chi connectivity index (χ2n) is 7.82. The van der Waals surface area contributed by atoms with Crippen molar-refractivity contribution >= 4 is 27.2 Å². The molecule has 0 spiro atoms. The fourth-order valence-electron chi connectivity index (χ4n) is 3.70. The number of nitrogens with one attached hydrogen (secondary N) is 1. The van der Waals surface area contributed by atoms with E-state index in [-0.39, 0.29) is 11.4 Å². The predicted molar refractivity (Wildman–Crippen MR) is 125 cm³/mol. The third-order valence-corrected chi connectivity index (χ3v) is 7.13. The van der Waals surface area contributed by atoms with Crippen molar-refractivity contribution in [3.8, 4) is 0 Å². The zero-order chi connectivity index (χ0) is 22.2. The minimum absolute atomic E-state index is 0.148. The Morgan fingerprint density at radius 3 is 2.42 bits per heavy atom. The van der Waals surface area contributed by atoms with E-state index in [1.54, 1.807) is 24.3 Å². The van der Waals surface area contributed by atoms with Crippen molar-refractivity contribution in [2.45, 2.75) is 27.3 Å². The zero-order valence-electron chi connectivity index (χ0n) is 17.7. The third kappa shape index (κ3) is 3.99. The highest BCUT2D eigenvalue weighted by Gasteiger charge is 2.40. The van der Waals surface area contributed by atoms with Gasteiger partial charge in [0.05, 0.1) is 12.2 Å². The summed E-state index contributed by atoms with van der Waals surface area (Å²) in [7, 11) is -4.05. The highest BCUT2D eigenvalue weighted by molar-refractivity contribution is 7.97. The van der Waals surface area contributed by atoms with Gasteiger partial charge in [0, 0.05) is 17.5 Å². The van der Waals surface area contributed by atoms with Crippen LogP contribution in [0.5, 0.6) is 0 Å². The number of allylic oxidation sites excluding steroid dienone is 1. The number of anilines is 2. The second-order valence-corrected chi connectivity index (χ2v) is 9.65. The van der Waals surface area contributed by atoms with Gasteiger partial charge in [-0.15, -0.1) is 0 Å². The van der Waals surface area contributed by atoms with Gasteiger partial charge >= 0.3 is 0 Å². The van der Waals surface area contributed by atoms with Crippen LogP contribution < -0.4 is 9.62 Å². The van der Waals surface area contributed by atoms with E-state index >= 15 is 0 Å². The van der Waals surface area contributed by atoms with Crippen LogP contribution in [-0.4, -0.2) is 14.2 Å². The van der Waals surface area contributed by atoms with Gasteiger partial charge in [-0.1, -0.05) is 54.1 Å². The molecule has 4 rings (SSSR count). The summed E-state index contributed by atoms with van der Waals surface area (Å²) in [6, 6.07) is 20.4. The van der Waals surface area contributed by atoms with Crippen molar-refractivity contribution in [1.29, 1.82) is 0 Å². The number of aryl methyl sites for hydroxylation is 3. The smallest absolute Gasteiger partial charge is 0.270 e. The molecule has 0 radical (unpaired) electrons. The van der Waals surface area contributed by atoms with E-state index in [4.69, 9.17) is 0 Å². The van der Waals surface area contributed by atoms with E-state index in [9.17, 15) is 13.2 Å². The van der Waals surface area contributed by atoms with Crippen molar-refractivity contribution in [3.63, 3.8) is 0 Å². The largest absolute Gasteiger partial charge is 0.360 e. The van der Waals surface area contributed by atoms with E-state index in [1.807, 2.05) is 63.2 Å². The summed E-state index contributed by atoms with van der Waals surface area (Å²) in [5, 5.41) is 3.05. The van der Waals surface area contributed by atoms with Gasteiger partial charge in [0.25, 0.3) is 10.0 Å². The van der Waals surface area contributed by atoms with Gasteiger partial charge in [-0.05, 0) is 55.7 Å². The van der Waals surface area contributed by atoms with E-state index in [2.05, 4.69) is 5.32 Å². The average Bonchev–Trinajstić information content (AvgIpc) is 2.73. The standard InChI is InChI=1S/C25H24N2O3S/c1-17-7-6-8-20(13-17)16-27-23-10-5-4-9-21(23)25(28)24(31(27,29)30)15-26-22-14-18(2)11-12-19(22)3/h4-15,26H,16H2,1-3H3. The van der Waals surface area contributed by atoms with Crippen LogP contribution in [0.4, 0.5) is 11.4 Å². The molecule has 0 amide bonds. The minimum atomic E-state index is -4.05. The normalized spacial score (nSPS) is 16.3. The number of para-hydroxylation sites is 1. The van der Waals surface area contributed by atoms with E-state index in [0.717, 1.165) is 27.9 Å². The SMILES string of the molecule is Cc1cccc(CN2c3ccccc3C(=O)C(=CNc3cc(C)ccc3C)S2(=O)=O)c1. The lowest BCUT2D eigenvalue weighted by Gasteiger charge is -2.31. The molecule has 31 heavy (non-hydrogen) atoms. The number of carbonyl (C=O) groups excluding carboxylic acids is 1. The Hall–Kier alpha value is -3.38. The van der Waals surface area contributed by atoms with Gasteiger partial charge in [-0.2, -0.15) is 0 Å². The molecule has 0 aromatic heterocycles. The van der Waals surface area contributed by atoms with Crippen LogP contribution in [0.2, 0.25) is 0 Å². The Morgan fingerprint density at radius 1 is 0.903 bits per heavy atom. The number of carbonyl (C=O) groups is 1. The molecule has 0 bridgehead atoms. The average molecular weight is 433 g/mol. The van der Waals surface area contributed by atoms with Gasteiger partial charge in [-0.25, -0.2) is 8.42 Å². The van der Waals surface area contributed by atoms with Crippen molar-refractivity contribution in [1.82, 2.24) is 0 Å². The molecule has 0 fully saturated rings. The van der Waals surface area contributed by atoms with Crippen LogP contribution >= 0.6 is 0 Å². The highest BCUT2D eigenvalue weighted by atomic mass is 32.2. The van der Waals surface area contributed by atoms with Gasteiger partial charge < -0.3 is 5.32 Å². The minimum Gasteiger partial charge on any atom is -0.360 e. The number of fused-ring (bicyclic) bond motifs is 1. The Bertz CT molecular complexity index is 1310. The van der Waals surface area contributed by atoms with Crippen LogP contribution in [-0.2, 0) is 16.6 Å². The molecule has 0 aliphatic carbocycles. The molecule has 1 heterocycles. The fourth-order valence-corrected chi connectivity index (χ4v) is 5.23. The number of sulfonamides is 1. The van der Waals surface area contributed by atoms with Crippen LogP contribution in [0.3, 0.4) is 0 Å². The zero-order valence-corrected chi connectivity index (χ0v) is 18.5. The Kier molecular flexibility index (Phi) is 5.41. The molecule has 5 nitrogen and oxygen atoms in total. The molecule has 158 valence electrons. The van der Waals surface area contributed by atoms with Gasteiger partial charge in [0.2, 0.25) is 5.78 Å². The predicted octanol–water partition coefficient (Wildman–Crippen LogP) is 5.10. The monoisotopic (exact) mass is 432 g/mol. The molecule has 3 aromatic carbocycles. The maximum absolute atomic E-state index is 13.5. The number of benzene rings is 3. The highest BCUT2D eigenvalue weighted by Crippen LogP contribution is 2.36. The summed E-state index contributed by atoms with van der Waals surface area (Å²) in [4.78, 5) is 12.9. The Morgan fingerprint density at radius 2 is 1.65 bits per heavy atom. The van der Waals surface area contributed by atoms with Gasteiger partial charge in [0.15, 0.2) is 4.91 Å². The van der Waals surface area contributed by atoms with E-state index in [1.165, 1.54) is 10.5 Å². The van der Waals surface area contributed by atoms with Crippen molar-refractivity contribution in [3.05, 3.63) is 106 Å². The molecule has 1 aliphatic heterocycles. The van der Waals surface area contributed by atoms with Gasteiger partial charge in [0.1, 0.15) is 0 Å². The van der Waals surface area contributed by atoms with Gasteiger partial charge in [-0.3, -0.25) is 9.10 Å². The first-order valence-electron chi connectivity index (χ1n) is 10.0. The van der Waals surface area contributed by atoms with Crippen LogP contribution in [0, 0.1) is 20.8 Å². The molecule has 1 aliphatic rings. The lowest BCUT2D eigenvalue weighted by Crippen LogP contribution is -2.39. The Labute approximate surface area is 183 Å². The molecular formula is C25H24N2O3S. The summed E-state index contributed by atoms with van der Waals surface area (Å²) in [6.07, 6.45) is 1.32. The van der Waals surface area contributed by atoms with Crippen molar-refractivity contribution < 1.29 is 13.2 Å². The fraction of sp³-hybridized carbons (Fsp3) is 0.160. The first kappa shape index (κ1) is 20.9. The van der Waals surface area contributed by atoms with E-state index in [0.29, 0.717) is 11.3 Å². The maximum Gasteiger partial charge on any atom is 0.270 e. The quantitative estimate of drug-likeness (QED) is 0.583. The number of ketones is 1. The summed E-state index contributed by atoms with van der Waals surface area (Å²) in [5.41, 5.74) is 5.44. The number of hydrogen-bond acceptors (Lipinski definition) is 4. The van der Waals surface area contributed by atoms with Crippen LogP contribution in [0.1, 0.15) is 32.6 Å². The van der Waals surface area contributed by atoms with Crippen molar-refractivity contribution in [2.75, 3.05) is 9.62 Å². The molecule has 0 atom stereocenters. The third-order valence-electron chi connectivity index (χ3n) is 5.37. The summed E-state index contributed by atoms with van der Waals surface area (Å²) >= 11 is 0. The van der Waals surface area contributed by atoms with E-state index < -0.39 is 15.8 Å². The summed E-state index contributed by atoms with van der Waals surface area (Å²) < 4.78 is 28.4. The number of nitrogens with zero attached hydrogens (tertiary/aromatic N) is 1. The lowest BCUT2D eigenvalue weighted by molar-refractivity contribution is 0.104. The molecule has 0 saturated carbocycles. The van der Waals surface area contributed by atoms with Crippen LogP contribution in [0.25, 0.3) is 0 Å². The maximum atomic E-state index is 13.5. The molecule has 0 saturated heterocycles. The molecule has 0 unspecified atom stereocenters. The summed E-state index contributed by atoms with van der Waals surface area (Å²) in [5.74, 6) is -0.506. The second kappa shape index (κ2) is 8.04. The number of hydrogen-bond donors (Lipinski definition) is 1. The molecule has 3 aromatic rings. The Balaban J connectivity index is 1.80. The number of Topliss-reactive ketones (excluding diaryl/α,β-unsaturated/α-hetero) is 1. The molecule has 1 N–H and O–H groups in total. The lowest BCUT2D eigenvalue weighted by atomic mass is 10.1. The molecule has 6 heteroatoms. The first-order valence-corrected chi connectivity index (χ1v) is 11.5. The summed E-state index contributed by atoms with van der Waals surface area (Å²) in [6.45, 7) is 6.00. The number of rotatable bonds is 4. The van der Waals surface area contributed by atoms with Crippen LogP contribution in [0.15, 0.2) is 77.8 Å². The van der Waals surface area contributed by atoms with Crippen molar-refractivity contribution in [2.24, 2.45) is 0 Å². The topological polar surface area (TPSA) is 66.5 Å². The first-order chi connectivity index (χ1) is 14.8.